The molecule has 0 saturated heterocycles. The molecule has 2 aromatic carbocycles. The number of halogens is 3. The standard InChI is InChI=1S/C20H22F3N3O2/c1-19(2,3)14-9-12(5-4-8-27)10-17(18(14)28)26-24-15-7-6-13(20(21,22)23)11-16(15)25-26/h6-7,9-11,27-28H,4-5,8H2,1-3H3. The summed E-state index contributed by atoms with van der Waals surface area (Å²) in [6.45, 7) is 5.88. The molecule has 0 atom stereocenters. The first-order valence-electron chi connectivity index (χ1n) is 8.92. The number of aliphatic hydroxyl groups is 1. The summed E-state index contributed by atoms with van der Waals surface area (Å²) in [5, 5.41) is 28.3. The summed E-state index contributed by atoms with van der Waals surface area (Å²) in [4.78, 5) is 1.16. The average Bonchev–Trinajstić information content (AvgIpc) is 3.02. The molecule has 8 heteroatoms. The molecule has 0 bridgehead atoms. The Kier molecular flexibility index (Phi) is 5.10. The summed E-state index contributed by atoms with van der Waals surface area (Å²) >= 11 is 0. The van der Waals surface area contributed by atoms with Crippen molar-refractivity contribution in [2.45, 2.75) is 45.2 Å². The molecule has 28 heavy (non-hydrogen) atoms. The van der Waals surface area contributed by atoms with E-state index in [1.165, 1.54) is 6.07 Å². The van der Waals surface area contributed by atoms with Crippen LogP contribution in [0.1, 0.15) is 43.9 Å². The van der Waals surface area contributed by atoms with Crippen molar-refractivity contribution in [3.8, 4) is 11.4 Å². The zero-order valence-electron chi connectivity index (χ0n) is 15.9. The topological polar surface area (TPSA) is 71.2 Å². The quantitative estimate of drug-likeness (QED) is 0.691. The van der Waals surface area contributed by atoms with Crippen molar-refractivity contribution >= 4 is 11.0 Å². The van der Waals surface area contributed by atoms with E-state index in [0.29, 0.717) is 29.6 Å². The number of hydrogen-bond acceptors (Lipinski definition) is 4. The molecule has 0 aliphatic carbocycles. The zero-order chi connectivity index (χ0) is 20.7. The van der Waals surface area contributed by atoms with Crippen LogP contribution in [0.4, 0.5) is 13.2 Å². The maximum atomic E-state index is 12.9. The van der Waals surface area contributed by atoms with Crippen LogP contribution < -0.4 is 0 Å². The Morgan fingerprint density at radius 2 is 1.68 bits per heavy atom. The van der Waals surface area contributed by atoms with Gasteiger partial charge in [0.15, 0.2) is 0 Å². The fourth-order valence-corrected chi connectivity index (χ4v) is 3.03. The van der Waals surface area contributed by atoms with Crippen LogP contribution in [-0.2, 0) is 18.0 Å². The first-order chi connectivity index (χ1) is 13.0. The summed E-state index contributed by atoms with van der Waals surface area (Å²) < 4.78 is 38.8. The van der Waals surface area contributed by atoms with Gasteiger partial charge < -0.3 is 10.2 Å². The van der Waals surface area contributed by atoms with Gasteiger partial charge in [0.2, 0.25) is 0 Å². The highest BCUT2D eigenvalue weighted by molar-refractivity contribution is 5.75. The first-order valence-corrected chi connectivity index (χ1v) is 8.92. The van der Waals surface area contributed by atoms with Crippen LogP contribution in [0.5, 0.6) is 5.75 Å². The monoisotopic (exact) mass is 393 g/mol. The molecule has 0 fully saturated rings. The van der Waals surface area contributed by atoms with Crippen LogP contribution in [0.2, 0.25) is 0 Å². The summed E-state index contributed by atoms with van der Waals surface area (Å²) in [5.74, 6) is -0.0170. The lowest BCUT2D eigenvalue weighted by atomic mass is 9.84. The molecule has 2 N–H and O–H groups in total. The van der Waals surface area contributed by atoms with Crippen molar-refractivity contribution in [1.29, 1.82) is 0 Å². The number of alkyl halides is 3. The molecule has 0 spiro atoms. The number of aryl methyl sites for hydroxylation is 1. The Morgan fingerprint density at radius 3 is 2.29 bits per heavy atom. The van der Waals surface area contributed by atoms with E-state index in [9.17, 15) is 18.3 Å². The van der Waals surface area contributed by atoms with Crippen LogP contribution in [0.15, 0.2) is 30.3 Å². The van der Waals surface area contributed by atoms with Gasteiger partial charge in [-0.05, 0) is 48.1 Å². The van der Waals surface area contributed by atoms with Gasteiger partial charge >= 0.3 is 6.18 Å². The summed E-state index contributed by atoms with van der Waals surface area (Å²) in [7, 11) is 0. The summed E-state index contributed by atoms with van der Waals surface area (Å²) in [5.41, 5.74) is 1.06. The maximum absolute atomic E-state index is 12.9. The number of aromatic hydroxyl groups is 1. The number of aliphatic hydroxyl groups excluding tert-OH is 1. The van der Waals surface area contributed by atoms with E-state index in [-0.39, 0.29) is 23.3 Å². The van der Waals surface area contributed by atoms with Gasteiger partial charge in [0, 0.05) is 12.2 Å². The normalized spacial score (nSPS) is 12.7. The summed E-state index contributed by atoms with van der Waals surface area (Å²) in [6.07, 6.45) is -3.33. The number of phenolic OH excluding ortho intramolecular Hbond substituents is 1. The fourth-order valence-electron chi connectivity index (χ4n) is 3.03. The van der Waals surface area contributed by atoms with Gasteiger partial charge in [-0.1, -0.05) is 26.8 Å². The van der Waals surface area contributed by atoms with E-state index in [1.54, 1.807) is 6.07 Å². The maximum Gasteiger partial charge on any atom is 0.416 e. The van der Waals surface area contributed by atoms with E-state index >= 15 is 0 Å². The lowest BCUT2D eigenvalue weighted by Crippen LogP contribution is -2.14. The number of hydrogen-bond donors (Lipinski definition) is 2. The second kappa shape index (κ2) is 7.09. The molecular formula is C20H22F3N3O2. The smallest absolute Gasteiger partial charge is 0.416 e. The lowest BCUT2D eigenvalue weighted by molar-refractivity contribution is -0.137. The Morgan fingerprint density at radius 1 is 1.00 bits per heavy atom. The Labute approximate surface area is 160 Å². The second-order valence-corrected chi connectivity index (χ2v) is 7.78. The van der Waals surface area contributed by atoms with Gasteiger partial charge in [-0.3, -0.25) is 0 Å². The van der Waals surface area contributed by atoms with Gasteiger partial charge in [-0.2, -0.15) is 13.2 Å². The molecule has 150 valence electrons. The highest BCUT2D eigenvalue weighted by Gasteiger charge is 2.31. The third-order valence-electron chi connectivity index (χ3n) is 4.50. The van der Waals surface area contributed by atoms with E-state index in [1.807, 2.05) is 26.8 Å². The van der Waals surface area contributed by atoms with Gasteiger partial charge in [-0.25, -0.2) is 0 Å². The minimum absolute atomic E-state index is 0.0170. The third-order valence-corrected chi connectivity index (χ3v) is 4.50. The van der Waals surface area contributed by atoms with Crippen molar-refractivity contribution in [2.75, 3.05) is 6.61 Å². The number of aromatic nitrogens is 3. The number of rotatable bonds is 4. The third kappa shape index (κ3) is 3.96. The zero-order valence-corrected chi connectivity index (χ0v) is 15.9. The van der Waals surface area contributed by atoms with E-state index in [0.717, 1.165) is 22.5 Å². The predicted octanol–water partition coefficient (Wildman–Crippen LogP) is 4.37. The molecule has 0 amide bonds. The molecule has 0 saturated carbocycles. The first kappa shape index (κ1) is 20.1. The number of fused-ring (bicyclic) bond motifs is 1. The Hall–Kier alpha value is -2.61. The fraction of sp³-hybridized carbons (Fsp3) is 0.400. The van der Waals surface area contributed by atoms with Gasteiger partial charge in [0.25, 0.3) is 0 Å². The molecule has 1 heterocycles. The molecule has 5 nitrogen and oxygen atoms in total. The average molecular weight is 393 g/mol. The number of benzene rings is 2. The SMILES string of the molecule is CC(C)(C)c1cc(CCCO)cc(-n2nc3ccc(C(F)(F)F)cc3n2)c1O. The number of nitrogens with zero attached hydrogens (tertiary/aromatic N) is 3. The van der Waals surface area contributed by atoms with E-state index in [4.69, 9.17) is 5.11 Å². The minimum Gasteiger partial charge on any atom is -0.505 e. The van der Waals surface area contributed by atoms with Gasteiger partial charge in [0.05, 0.1) is 5.56 Å². The van der Waals surface area contributed by atoms with Crippen molar-refractivity contribution in [1.82, 2.24) is 15.0 Å². The molecule has 3 rings (SSSR count). The molecule has 0 unspecified atom stereocenters. The second-order valence-electron chi connectivity index (χ2n) is 7.78. The van der Waals surface area contributed by atoms with Crippen molar-refractivity contribution in [3.63, 3.8) is 0 Å². The Balaban J connectivity index is 2.16. The van der Waals surface area contributed by atoms with Crippen LogP contribution in [0.3, 0.4) is 0 Å². The van der Waals surface area contributed by atoms with Crippen LogP contribution in [0, 0.1) is 0 Å². The van der Waals surface area contributed by atoms with Crippen molar-refractivity contribution < 1.29 is 23.4 Å². The van der Waals surface area contributed by atoms with Gasteiger partial charge in [-0.15, -0.1) is 15.0 Å². The molecule has 0 radical (unpaired) electrons. The van der Waals surface area contributed by atoms with Crippen LogP contribution in [0.25, 0.3) is 16.7 Å². The molecule has 1 aromatic heterocycles. The van der Waals surface area contributed by atoms with E-state index in [2.05, 4.69) is 10.2 Å². The number of phenols is 1. The highest BCUT2D eigenvalue weighted by atomic mass is 19.4. The highest BCUT2D eigenvalue weighted by Crippen LogP contribution is 2.37. The van der Waals surface area contributed by atoms with Crippen LogP contribution >= 0.6 is 0 Å². The molecule has 0 aliphatic rings. The van der Waals surface area contributed by atoms with Crippen molar-refractivity contribution in [3.05, 3.63) is 47.0 Å². The molecule has 0 aliphatic heterocycles. The minimum atomic E-state index is -4.47. The Bertz CT molecular complexity index is 1000. The largest absolute Gasteiger partial charge is 0.505 e. The molecular weight excluding hydrogens is 371 g/mol. The van der Waals surface area contributed by atoms with E-state index < -0.39 is 11.7 Å². The summed E-state index contributed by atoms with van der Waals surface area (Å²) in [6, 6.07) is 6.73. The molecule has 3 aromatic rings. The van der Waals surface area contributed by atoms with Gasteiger partial charge in [0.1, 0.15) is 22.5 Å². The lowest BCUT2D eigenvalue weighted by Gasteiger charge is -2.23. The predicted molar refractivity (Wildman–Crippen MR) is 99.6 cm³/mol. The van der Waals surface area contributed by atoms with Crippen molar-refractivity contribution in [2.24, 2.45) is 0 Å². The van der Waals surface area contributed by atoms with Crippen LogP contribution in [-0.4, -0.2) is 31.8 Å².